The van der Waals surface area contributed by atoms with Gasteiger partial charge in [0, 0.05) is 12.2 Å². The first kappa shape index (κ1) is 17.8. The maximum atomic E-state index is 12.8. The van der Waals surface area contributed by atoms with Gasteiger partial charge in [-0.05, 0) is 87.3 Å². The lowest BCUT2D eigenvalue weighted by molar-refractivity contribution is -0.0120. The maximum Gasteiger partial charge on any atom is 0.272 e. The third kappa shape index (κ3) is 3.31. The van der Waals surface area contributed by atoms with Crippen LogP contribution in [0.25, 0.3) is 0 Å². The summed E-state index contributed by atoms with van der Waals surface area (Å²) < 4.78 is 7.55. The molecule has 1 aromatic carbocycles. The highest BCUT2D eigenvalue weighted by atomic mass is 16.5. The van der Waals surface area contributed by atoms with Crippen LogP contribution in [-0.2, 0) is 6.73 Å². The fourth-order valence-corrected chi connectivity index (χ4v) is 6.04. The minimum atomic E-state index is -0.0391. The van der Waals surface area contributed by atoms with Crippen LogP contribution < -0.4 is 10.1 Å². The molecule has 4 fully saturated rings. The van der Waals surface area contributed by atoms with Gasteiger partial charge < -0.3 is 10.1 Å². The lowest BCUT2D eigenvalue weighted by Crippen LogP contribution is -2.55. The van der Waals surface area contributed by atoms with Crippen molar-refractivity contribution in [2.24, 2.45) is 23.7 Å². The van der Waals surface area contributed by atoms with Crippen molar-refractivity contribution < 1.29 is 9.53 Å². The number of hydrogen-bond acceptors (Lipinski definition) is 3. The molecule has 0 radical (unpaired) electrons. The van der Waals surface area contributed by atoms with Gasteiger partial charge in [-0.25, -0.2) is 4.68 Å². The highest BCUT2D eigenvalue weighted by molar-refractivity contribution is 5.92. The maximum absolute atomic E-state index is 12.8. The molecule has 1 heterocycles. The number of rotatable bonds is 5. The second kappa shape index (κ2) is 6.94. The topological polar surface area (TPSA) is 56.1 Å². The highest BCUT2D eigenvalue weighted by Crippen LogP contribution is 2.53. The summed E-state index contributed by atoms with van der Waals surface area (Å²) in [5.41, 5.74) is 2.80. The molecule has 4 bridgehead atoms. The quantitative estimate of drug-likeness (QED) is 0.851. The Balaban J connectivity index is 1.20. The zero-order valence-corrected chi connectivity index (χ0v) is 16.7. The predicted molar refractivity (Wildman–Crippen MR) is 107 cm³/mol. The summed E-state index contributed by atoms with van der Waals surface area (Å²) in [4.78, 5) is 12.8. The van der Waals surface area contributed by atoms with E-state index in [1.807, 2.05) is 25.3 Å². The molecule has 1 amide bonds. The van der Waals surface area contributed by atoms with Crippen molar-refractivity contribution in [3.05, 3.63) is 47.3 Å². The van der Waals surface area contributed by atoms with E-state index in [4.69, 9.17) is 4.74 Å². The van der Waals surface area contributed by atoms with Crippen LogP contribution in [0.1, 0.15) is 53.7 Å². The number of hydrogen-bond donors (Lipinski definition) is 1. The van der Waals surface area contributed by atoms with Gasteiger partial charge in [0.05, 0.1) is 0 Å². The predicted octanol–water partition coefficient (Wildman–Crippen LogP) is 4.09. The molecule has 0 aliphatic heterocycles. The Kier molecular flexibility index (Phi) is 4.41. The molecule has 2 aromatic rings. The lowest BCUT2D eigenvalue weighted by atomic mass is 9.54. The summed E-state index contributed by atoms with van der Waals surface area (Å²) >= 11 is 0. The van der Waals surface area contributed by atoms with Crippen LogP contribution in [0, 0.1) is 37.5 Å². The van der Waals surface area contributed by atoms with Gasteiger partial charge in [0.2, 0.25) is 0 Å². The number of nitrogens with one attached hydrogen (secondary N) is 1. The summed E-state index contributed by atoms with van der Waals surface area (Å²) in [7, 11) is 0. The van der Waals surface area contributed by atoms with Crippen LogP contribution in [-0.4, -0.2) is 21.7 Å². The van der Waals surface area contributed by atoms with E-state index in [0.29, 0.717) is 30.3 Å². The number of ether oxygens (including phenoxy) is 1. The van der Waals surface area contributed by atoms with E-state index < -0.39 is 0 Å². The van der Waals surface area contributed by atoms with E-state index in [1.165, 1.54) is 37.7 Å². The van der Waals surface area contributed by atoms with Gasteiger partial charge in [-0.1, -0.05) is 17.7 Å². The van der Waals surface area contributed by atoms with Gasteiger partial charge in [0.15, 0.2) is 6.73 Å². The smallest absolute Gasteiger partial charge is 0.272 e. The molecule has 6 rings (SSSR count). The van der Waals surface area contributed by atoms with Crippen molar-refractivity contribution in [2.75, 3.05) is 0 Å². The van der Waals surface area contributed by atoms with Gasteiger partial charge in [0.1, 0.15) is 11.4 Å². The molecule has 4 aliphatic rings. The first-order chi connectivity index (χ1) is 13.5. The molecule has 5 nitrogen and oxygen atoms in total. The third-order valence-corrected chi connectivity index (χ3v) is 7.08. The summed E-state index contributed by atoms with van der Waals surface area (Å²) in [6.07, 6.45) is 8.45. The molecule has 0 spiro atoms. The first-order valence-corrected chi connectivity index (χ1v) is 10.6. The second-order valence-corrected chi connectivity index (χ2v) is 9.21. The van der Waals surface area contributed by atoms with Crippen molar-refractivity contribution in [2.45, 2.75) is 58.7 Å². The number of carbonyl (C=O) groups excluding carboxylic acids is 1. The minimum Gasteiger partial charge on any atom is -0.471 e. The molecule has 5 heteroatoms. The van der Waals surface area contributed by atoms with Crippen molar-refractivity contribution in [3.63, 3.8) is 0 Å². The highest BCUT2D eigenvalue weighted by Gasteiger charge is 2.48. The average Bonchev–Trinajstić information content (AvgIpc) is 3.12. The van der Waals surface area contributed by atoms with Gasteiger partial charge in [-0.3, -0.25) is 4.79 Å². The van der Waals surface area contributed by atoms with E-state index in [9.17, 15) is 4.79 Å². The Morgan fingerprint density at radius 3 is 2.50 bits per heavy atom. The molecule has 0 saturated heterocycles. The van der Waals surface area contributed by atoms with Crippen molar-refractivity contribution in [3.8, 4) is 5.75 Å². The summed E-state index contributed by atoms with van der Waals surface area (Å²) in [5.74, 6) is 3.99. The van der Waals surface area contributed by atoms with Crippen molar-refractivity contribution >= 4 is 5.91 Å². The van der Waals surface area contributed by atoms with Crippen LogP contribution in [0.4, 0.5) is 0 Å². The number of nitrogens with zero attached hydrogens (tertiary/aromatic N) is 2. The standard InChI is InChI=1S/C23H29N3O2/c1-14-3-4-21(15(2)7-14)28-13-26-6-5-20(25-26)23(27)24-22-18-9-16-8-17(11-18)12-19(22)10-16/h3-7,16-19,22H,8-13H2,1-2H3,(H,24,27). The number of aromatic nitrogens is 2. The van der Waals surface area contributed by atoms with Crippen LogP contribution in [0.5, 0.6) is 5.75 Å². The fraction of sp³-hybridized carbons (Fsp3) is 0.565. The monoisotopic (exact) mass is 379 g/mol. The summed E-state index contributed by atoms with van der Waals surface area (Å²) in [6, 6.07) is 8.25. The molecule has 4 saturated carbocycles. The molecule has 148 valence electrons. The molecule has 0 unspecified atom stereocenters. The SMILES string of the molecule is Cc1ccc(OCn2ccc(C(=O)NC3C4CC5CC(C4)CC3C5)n2)c(C)c1. The number of carbonyl (C=O) groups is 1. The zero-order valence-electron chi connectivity index (χ0n) is 16.7. The Hall–Kier alpha value is -2.30. The van der Waals surface area contributed by atoms with Crippen LogP contribution in [0.3, 0.4) is 0 Å². The van der Waals surface area contributed by atoms with Crippen LogP contribution in [0.15, 0.2) is 30.5 Å². The van der Waals surface area contributed by atoms with E-state index >= 15 is 0 Å². The van der Waals surface area contributed by atoms with Crippen LogP contribution in [0.2, 0.25) is 0 Å². The van der Waals surface area contributed by atoms with Gasteiger partial charge in [0.25, 0.3) is 5.91 Å². The fourth-order valence-electron chi connectivity index (χ4n) is 6.04. The average molecular weight is 380 g/mol. The Morgan fingerprint density at radius 2 is 1.82 bits per heavy atom. The Labute approximate surface area is 166 Å². The van der Waals surface area contributed by atoms with Gasteiger partial charge in [-0.15, -0.1) is 0 Å². The van der Waals surface area contributed by atoms with E-state index in [-0.39, 0.29) is 5.91 Å². The molecular formula is C23H29N3O2. The minimum absolute atomic E-state index is 0.0391. The Bertz CT molecular complexity index is 860. The zero-order chi connectivity index (χ0) is 19.3. The second-order valence-electron chi connectivity index (χ2n) is 9.21. The first-order valence-electron chi connectivity index (χ1n) is 10.6. The van der Waals surface area contributed by atoms with E-state index in [0.717, 1.165) is 23.1 Å². The van der Waals surface area contributed by atoms with Gasteiger partial charge in [-0.2, -0.15) is 5.10 Å². The molecule has 1 aromatic heterocycles. The van der Waals surface area contributed by atoms with Crippen LogP contribution >= 0.6 is 0 Å². The molecule has 28 heavy (non-hydrogen) atoms. The summed E-state index contributed by atoms with van der Waals surface area (Å²) in [6.45, 7) is 4.41. The normalized spacial score (nSPS) is 30.4. The molecule has 0 atom stereocenters. The van der Waals surface area contributed by atoms with E-state index in [1.54, 1.807) is 10.7 Å². The third-order valence-electron chi connectivity index (χ3n) is 7.08. The van der Waals surface area contributed by atoms with Crippen molar-refractivity contribution in [1.82, 2.24) is 15.1 Å². The van der Waals surface area contributed by atoms with Crippen molar-refractivity contribution in [1.29, 1.82) is 0 Å². The largest absolute Gasteiger partial charge is 0.471 e. The Morgan fingerprint density at radius 1 is 1.11 bits per heavy atom. The lowest BCUT2D eigenvalue weighted by Gasteiger charge is -2.54. The molecular weight excluding hydrogens is 350 g/mol. The number of benzene rings is 1. The number of amides is 1. The molecule has 1 N–H and O–H groups in total. The summed E-state index contributed by atoms with van der Waals surface area (Å²) in [5, 5.41) is 7.76. The molecule has 4 aliphatic carbocycles. The number of aryl methyl sites for hydroxylation is 2. The van der Waals surface area contributed by atoms with E-state index in [2.05, 4.69) is 23.4 Å². The van der Waals surface area contributed by atoms with Gasteiger partial charge >= 0.3 is 0 Å².